The summed E-state index contributed by atoms with van der Waals surface area (Å²) in [6.07, 6.45) is 14.0. The van der Waals surface area contributed by atoms with Gasteiger partial charge in [-0.15, -0.1) is 0 Å². The zero-order chi connectivity index (χ0) is 18.1. The fourth-order valence-corrected chi connectivity index (χ4v) is 3.36. The molecule has 2 rings (SSSR count). The highest BCUT2D eigenvalue weighted by Gasteiger charge is 2.26. The van der Waals surface area contributed by atoms with Crippen molar-refractivity contribution in [3.05, 3.63) is 53.1 Å². The smallest absolute Gasteiger partial charge is 0.252 e. The van der Waals surface area contributed by atoms with Gasteiger partial charge in [0, 0.05) is 24.2 Å². The van der Waals surface area contributed by atoms with Crippen LogP contribution in [-0.2, 0) is 4.79 Å². The average Bonchev–Trinajstić information content (AvgIpc) is 2.65. The van der Waals surface area contributed by atoms with Gasteiger partial charge in [0.25, 0.3) is 5.91 Å². The number of amidine groups is 1. The first-order valence-electron chi connectivity index (χ1n) is 9.06. The first-order chi connectivity index (χ1) is 12.2. The molecule has 1 fully saturated rings. The lowest BCUT2D eigenvalue weighted by Crippen LogP contribution is -2.44. The van der Waals surface area contributed by atoms with Gasteiger partial charge in [-0.1, -0.05) is 62.1 Å². The Morgan fingerprint density at radius 2 is 1.96 bits per heavy atom. The van der Waals surface area contributed by atoms with Crippen LogP contribution in [0, 0.1) is 0 Å². The van der Waals surface area contributed by atoms with E-state index >= 15 is 0 Å². The Balaban J connectivity index is 2.25. The van der Waals surface area contributed by atoms with E-state index in [1.54, 1.807) is 19.2 Å². The van der Waals surface area contributed by atoms with Crippen LogP contribution in [0.5, 0.6) is 0 Å². The largest absolute Gasteiger partial charge is 0.290 e. The lowest BCUT2D eigenvalue weighted by Gasteiger charge is -2.33. The number of aliphatic imine (C=N–C) groups is 1. The van der Waals surface area contributed by atoms with Crippen LogP contribution in [0.3, 0.4) is 0 Å². The summed E-state index contributed by atoms with van der Waals surface area (Å²) in [5.41, 5.74) is 0.847. The predicted octanol–water partition coefficient (Wildman–Crippen LogP) is 5.51. The topological polar surface area (TPSA) is 32.7 Å². The van der Waals surface area contributed by atoms with E-state index in [1.807, 2.05) is 41.3 Å². The molecule has 1 aromatic carbocycles. The highest BCUT2D eigenvalue weighted by Crippen LogP contribution is 2.24. The Morgan fingerprint density at radius 3 is 2.60 bits per heavy atom. The first-order valence-corrected chi connectivity index (χ1v) is 9.44. The second kappa shape index (κ2) is 10.2. The fourth-order valence-electron chi connectivity index (χ4n) is 3.16. The molecule has 3 nitrogen and oxygen atoms in total. The third-order valence-electron chi connectivity index (χ3n) is 4.47. The van der Waals surface area contributed by atoms with Crippen LogP contribution in [0.25, 0.3) is 6.08 Å². The molecule has 1 aliphatic rings. The molecular formula is C21H27ClN2O. The highest BCUT2D eigenvalue weighted by molar-refractivity contribution is 6.32. The Hall–Kier alpha value is -1.87. The van der Waals surface area contributed by atoms with Gasteiger partial charge in [-0.3, -0.25) is 14.7 Å². The Morgan fingerprint density at radius 1 is 1.24 bits per heavy atom. The van der Waals surface area contributed by atoms with Gasteiger partial charge < -0.3 is 0 Å². The van der Waals surface area contributed by atoms with E-state index in [9.17, 15) is 4.79 Å². The standard InChI is InChI=1S/C21H27ClN2O/c1-3-4-14-20(23-2)24(18-11-6-5-7-12-18)21(25)16-15-17-10-8-9-13-19(17)22/h4,8-10,13-16,18H,3,5-7,11-12H2,1-2H3/b14-4-,16-15+,23-20?. The molecule has 4 heteroatoms. The maximum atomic E-state index is 13.0. The molecule has 1 amide bonds. The summed E-state index contributed by atoms with van der Waals surface area (Å²) < 4.78 is 0. The zero-order valence-electron chi connectivity index (χ0n) is 15.1. The summed E-state index contributed by atoms with van der Waals surface area (Å²) in [6, 6.07) is 7.75. The molecule has 25 heavy (non-hydrogen) atoms. The van der Waals surface area contributed by atoms with Crippen molar-refractivity contribution in [1.29, 1.82) is 0 Å². The van der Waals surface area contributed by atoms with Crippen LogP contribution in [0.2, 0.25) is 5.02 Å². The van der Waals surface area contributed by atoms with Crippen molar-refractivity contribution in [2.45, 2.75) is 51.5 Å². The number of amides is 1. The minimum atomic E-state index is -0.0341. The van der Waals surface area contributed by atoms with Crippen molar-refractivity contribution in [2.24, 2.45) is 4.99 Å². The molecule has 0 saturated heterocycles. The molecule has 1 aliphatic carbocycles. The van der Waals surface area contributed by atoms with E-state index in [1.165, 1.54) is 6.42 Å². The Labute approximate surface area is 156 Å². The number of carbonyl (C=O) groups excluding carboxylic acids is 1. The van der Waals surface area contributed by atoms with Gasteiger partial charge in [-0.25, -0.2) is 0 Å². The van der Waals surface area contributed by atoms with Gasteiger partial charge in [0.2, 0.25) is 0 Å². The van der Waals surface area contributed by atoms with Crippen molar-refractivity contribution in [1.82, 2.24) is 4.90 Å². The summed E-state index contributed by atoms with van der Waals surface area (Å²) in [5.74, 6) is 0.704. The number of carbonyl (C=O) groups is 1. The molecule has 0 bridgehead atoms. The molecule has 134 valence electrons. The van der Waals surface area contributed by atoms with Gasteiger partial charge in [-0.05, 0) is 43.0 Å². The molecule has 0 atom stereocenters. The van der Waals surface area contributed by atoms with Crippen LogP contribution in [-0.4, -0.2) is 29.7 Å². The molecular weight excluding hydrogens is 332 g/mol. The van der Waals surface area contributed by atoms with Crippen molar-refractivity contribution in [3.63, 3.8) is 0 Å². The van der Waals surface area contributed by atoms with Crippen LogP contribution in [0.1, 0.15) is 51.0 Å². The van der Waals surface area contributed by atoms with Crippen LogP contribution < -0.4 is 0 Å². The van der Waals surface area contributed by atoms with Crippen LogP contribution >= 0.6 is 11.6 Å². The van der Waals surface area contributed by atoms with Crippen molar-refractivity contribution in [3.8, 4) is 0 Å². The third kappa shape index (κ3) is 5.57. The second-order valence-corrected chi connectivity index (χ2v) is 6.65. The minimum Gasteiger partial charge on any atom is -0.290 e. The molecule has 0 spiro atoms. The van der Waals surface area contributed by atoms with Gasteiger partial charge in [0.05, 0.1) is 0 Å². The SMILES string of the molecule is CC/C=C\C(=NC)N(C(=O)/C=C/c1ccccc1Cl)C1CCCCC1. The lowest BCUT2D eigenvalue weighted by atomic mass is 9.94. The van der Waals surface area contributed by atoms with E-state index < -0.39 is 0 Å². The lowest BCUT2D eigenvalue weighted by molar-refractivity contribution is -0.124. The van der Waals surface area contributed by atoms with Gasteiger partial charge in [-0.2, -0.15) is 0 Å². The summed E-state index contributed by atoms with van der Waals surface area (Å²) >= 11 is 6.18. The van der Waals surface area contributed by atoms with E-state index in [-0.39, 0.29) is 11.9 Å². The molecule has 1 aromatic rings. The Kier molecular flexibility index (Phi) is 7.93. The summed E-state index contributed by atoms with van der Waals surface area (Å²) in [6.45, 7) is 2.08. The number of hydrogen-bond acceptors (Lipinski definition) is 2. The highest BCUT2D eigenvalue weighted by atomic mass is 35.5. The fraction of sp³-hybridized carbons (Fsp3) is 0.429. The number of benzene rings is 1. The third-order valence-corrected chi connectivity index (χ3v) is 4.81. The van der Waals surface area contributed by atoms with E-state index in [2.05, 4.69) is 11.9 Å². The molecule has 0 radical (unpaired) electrons. The minimum absolute atomic E-state index is 0.0341. The molecule has 0 unspecified atom stereocenters. The molecule has 0 N–H and O–H groups in total. The normalized spacial score (nSPS) is 16.7. The molecule has 1 saturated carbocycles. The average molecular weight is 359 g/mol. The van der Waals surface area contributed by atoms with Gasteiger partial charge in [0.1, 0.15) is 5.84 Å². The Bertz CT molecular complexity index is 658. The van der Waals surface area contributed by atoms with Gasteiger partial charge in [0.15, 0.2) is 0 Å². The molecule has 0 heterocycles. The van der Waals surface area contributed by atoms with E-state index in [0.717, 1.165) is 43.5 Å². The monoisotopic (exact) mass is 358 g/mol. The second-order valence-electron chi connectivity index (χ2n) is 6.25. The summed E-state index contributed by atoms with van der Waals surface area (Å²) in [5, 5.41) is 0.644. The van der Waals surface area contributed by atoms with Crippen molar-refractivity contribution in [2.75, 3.05) is 7.05 Å². The zero-order valence-corrected chi connectivity index (χ0v) is 15.9. The van der Waals surface area contributed by atoms with Crippen LogP contribution in [0.15, 0.2) is 47.5 Å². The number of nitrogens with zero attached hydrogens (tertiary/aromatic N) is 2. The maximum Gasteiger partial charge on any atom is 0.252 e. The number of allylic oxidation sites excluding steroid dienone is 1. The predicted molar refractivity (Wildman–Crippen MR) is 107 cm³/mol. The van der Waals surface area contributed by atoms with Crippen molar-refractivity contribution < 1.29 is 4.79 Å². The molecule has 0 aliphatic heterocycles. The maximum absolute atomic E-state index is 13.0. The number of rotatable bonds is 5. The van der Waals surface area contributed by atoms with E-state index in [0.29, 0.717) is 5.02 Å². The van der Waals surface area contributed by atoms with E-state index in [4.69, 9.17) is 11.6 Å². The number of hydrogen-bond donors (Lipinski definition) is 0. The number of halogens is 1. The van der Waals surface area contributed by atoms with Crippen LogP contribution in [0.4, 0.5) is 0 Å². The van der Waals surface area contributed by atoms with Crippen molar-refractivity contribution >= 4 is 29.4 Å². The quantitative estimate of drug-likeness (QED) is 0.388. The molecule has 0 aromatic heterocycles. The first kappa shape index (κ1) is 19.5. The van der Waals surface area contributed by atoms with Gasteiger partial charge >= 0.3 is 0 Å². The summed E-state index contributed by atoms with van der Waals surface area (Å²) in [7, 11) is 1.75. The summed E-state index contributed by atoms with van der Waals surface area (Å²) in [4.78, 5) is 19.2.